The van der Waals surface area contributed by atoms with Crippen molar-refractivity contribution in [1.82, 2.24) is 0 Å². The minimum Gasteiger partial charge on any atom is -0.387 e. The number of aliphatic hydroxyl groups excluding tert-OH is 1. The molecule has 2 aromatic rings. The van der Waals surface area contributed by atoms with E-state index in [1.807, 2.05) is 24.3 Å². The second-order valence-corrected chi connectivity index (χ2v) is 5.17. The SMILES string of the molecule is O=[N+]([O-])c1ccc(C(O)CNc2ccc(Br)cc2)cc1. The summed E-state index contributed by atoms with van der Waals surface area (Å²) in [5, 5.41) is 23.7. The maximum Gasteiger partial charge on any atom is 0.269 e. The molecule has 0 amide bonds. The Morgan fingerprint density at radius 3 is 2.30 bits per heavy atom. The van der Waals surface area contributed by atoms with Crippen LogP contribution in [-0.2, 0) is 0 Å². The third-order valence-corrected chi connectivity index (χ3v) is 3.36. The van der Waals surface area contributed by atoms with Gasteiger partial charge in [-0.05, 0) is 42.0 Å². The number of hydrogen-bond acceptors (Lipinski definition) is 4. The lowest BCUT2D eigenvalue weighted by Gasteiger charge is -2.13. The van der Waals surface area contributed by atoms with Crippen LogP contribution >= 0.6 is 15.9 Å². The molecule has 2 aromatic carbocycles. The van der Waals surface area contributed by atoms with Gasteiger partial charge in [0.25, 0.3) is 5.69 Å². The zero-order valence-electron chi connectivity index (χ0n) is 10.5. The van der Waals surface area contributed by atoms with Crippen molar-refractivity contribution >= 4 is 27.3 Å². The molecule has 104 valence electrons. The molecule has 5 nitrogen and oxygen atoms in total. The Labute approximate surface area is 124 Å². The molecular weight excluding hydrogens is 324 g/mol. The summed E-state index contributed by atoms with van der Waals surface area (Å²) in [6.45, 7) is 0.333. The molecule has 6 heteroatoms. The number of nitro benzene ring substituents is 1. The van der Waals surface area contributed by atoms with Gasteiger partial charge in [-0.15, -0.1) is 0 Å². The number of aliphatic hydroxyl groups is 1. The summed E-state index contributed by atoms with van der Waals surface area (Å²) in [6, 6.07) is 13.5. The standard InChI is InChI=1S/C14H13BrN2O3/c15-11-3-5-12(6-4-11)16-9-14(18)10-1-7-13(8-2-10)17(19)20/h1-8,14,16,18H,9H2. The van der Waals surface area contributed by atoms with E-state index < -0.39 is 11.0 Å². The highest BCUT2D eigenvalue weighted by atomic mass is 79.9. The minimum atomic E-state index is -0.723. The summed E-state index contributed by atoms with van der Waals surface area (Å²) in [6.07, 6.45) is -0.723. The first-order chi connectivity index (χ1) is 9.56. The van der Waals surface area contributed by atoms with E-state index in [1.165, 1.54) is 12.1 Å². The predicted molar refractivity (Wildman–Crippen MR) is 80.7 cm³/mol. The monoisotopic (exact) mass is 336 g/mol. The van der Waals surface area contributed by atoms with Gasteiger partial charge in [0, 0.05) is 28.8 Å². The number of rotatable bonds is 5. The number of benzene rings is 2. The molecule has 1 atom stereocenters. The molecule has 0 bridgehead atoms. The molecule has 0 saturated heterocycles. The second kappa shape index (κ2) is 6.49. The zero-order chi connectivity index (χ0) is 14.5. The van der Waals surface area contributed by atoms with E-state index in [-0.39, 0.29) is 5.69 Å². The number of hydrogen-bond donors (Lipinski definition) is 2. The van der Waals surface area contributed by atoms with E-state index in [1.54, 1.807) is 12.1 Å². The van der Waals surface area contributed by atoms with Crippen LogP contribution in [0.1, 0.15) is 11.7 Å². The first-order valence-electron chi connectivity index (χ1n) is 5.98. The topological polar surface area (TPSA) is 75.4 Å². The summed E-state index contributed by atoms with van der Waals surface area (Å²) < 4.78 is 0.985. The summed E-state index contributed by atoms with van der Waals surface area (Å²) in [7, 11) is 0. The Bertz CT molecular complexity index is 584. The Morgan fingerprint density at radius 1 is 1.15 bits per heavy atom. The highest BCUT2D eigenvalue weighted by Crippen LogP contribution is 2.19. The summed E-state index contributed by atoms with van der Waals surface area (Å²) in [5.41, 5.74) is 1.55. The third kappa shape index (κ3) is 3.79. The van der Waals surface area contributed by atoms with Gasteiger partial charge in [0.2, 0.25) is 0 Å². The van der Waals surface area contributed by atoms with Gasteiger partial charge in [-0.25, -0.2) is 0 Å². The van der Waals surface area contributed by atoms with Crippen molar-refractivity contribution in [3.05, 3.63) is 68.7 Å². The molecule has 0 spiro atoms. The van der Waals surface area contributed by atoms with Crippen molar-refractivity contribution in [3.63, 3.8) is 0 Å². The van der Waals surface area contributed by atoms with Crippen molar-refractivity contribution in [3.8, 4) is 0 Å². The van der Waals surface area contributed by atoms with Gasteiger partial charge in [-0.3, -0.25) is 10.1 Å². The highest BCUT2D eigenvalue weighted by molar-refractivity contribution is 9.10. The molecule has 0 radical (unpaired) electrons. The van der Waals surface area contributed by atoms with Gasteiger partial charge in [-0.1, -0.05) is 15.9 Å². The van der Waals surface area contributed by atoms with E-state index in [9.17, 15) is 15.2 Å². The molecule has 0 heterocycles. The zero-order valence-corrected chi connectivity index (χ0v) is 12.1. The van der Waals surface area contributed by atoms with Gasteiger partial charge in [0.1, 0.15) is 0 Å². The molecule has 0 saturated carbocycles. The maximum absolute atomic E-state index is 10.5. The lowest BCUT2D eigenvalue weighted by molar-refractivity contribution is -0.384. The maximum atomic E-state index is 10.5. The average molecular weight is 337 g/mol. The molecule has 0 aliphatic rings. The lowest BCUT2D eigenvalue weighted by atomic mass is 10.1. The van der Waals surface area contributed by atoms with Crippen LogP contribution in [0.4, 0.5) is 11.4 Å². The first-order valence-corrected chi connectivity index (χ1v) is 6.77. The quantitative estimate of drug-likeness (QED) is 0.647. The van der Waals surface area contributed by atoms with Crippen LogP contribution in [-0.4, -0.2) is 16.6 Å². The van der Waals surface area contributed by atoms with Crippen molar-refractivity contribution in [2.24, 2.45) is 0 Å². The van der Waals surface area contributed by atoms with Crippen LogP contribution in [0.2, 0.25) is 0 Å². The first kappa shape index (κ1) is 14.5. The molecule has 2 N–H and O–H groups in total. The smallest absolute Gasteiger partial charge is 0.269 e. The normalized spacial score (nSPS) is 11.9. The van der Waals surface area contributed by atoms with Crippen molar-refractivity contribution < 1.29 is 10.0 Å². The van der Waals surface area contributed by atoms with Crippen LogP contribution < -0.4 is 5.32 Å². The fourth-order valence-electron chi connectivity index (χ4n) is 1.72. The molecule has 0 fully saturated rings. The van der Waals surface area contributed by atoms with Crippen LogP contribution in [0.25, 0.3) is 0 Å². The summed E-state index contributed by atoms with van der Waals surface area (Å²) in [5.74, 6) is 0. The third-order valence-electron chi connectivity index (χ3n) is 2.83. The van der Waals surface area contributed by atoms with Crippen molar-refractivity contribution in [2.45, 2.75) is 6.10 Å². The average Bonchev–Trinajstić information content (AvgIpc) is 2.46. The number of non-ortho nitro benzene ring substituents is 1. The molecule has 2 rings (SSSR count). The molecule has 20 heavy (non-hydrogen) atoms. The van der Waals surface area contributed by atoms with E-state index in [4.69, 9.17) is 0 Å². The fourth-order valence-corrected chi connectivity index (χ4v) is 1.98. The van der Waals surface area contributed by atoms with E-state index in [2.05, 4.69) is 21.2 Å². The Kier molecular flexibility index (Phi) is 4.70. The molecule has 0 aromatic heterocycles. The molecule has 1 unspecified atom stereocenters. The predicted octanol–water partition coefficient (Wildman–Crippen LogP) is 3.50. The number of nitrogens with zero attached hydrogens (tertiary/aromatic N) is 1. The van der Waals surface area contributed by atoms with Gasteiger partial charge in [-0.2, -0.15) is 0 Å². The number of anilines is 1. The summed E-state index contributed by atoms with van der Waals surface area (Å²) in [4.78, 5) is 10.1. The van der Waals surface area contributed by atoms with Crippen LogP contribution in [0.5, 0.6) is 0 Å². The van der Waals surface area contributed by atoms with Crippen molar-refractivity contribution in [1.29, 1.82) is 0 Å². The van der Waals surface area contributed by atoms with E-state index >= 15 is 0 Å². The van der Waals surface area contributed by atoms with Crippen LogP contribution in [0.3, 0.4) is 0 Å². The lowest BCUT2D eigenvalue weighted by Crippen LogP contribution is -2.12. The number of halogens is 1. The number of nitro groups is 1. The van der Waals surface area contributed by atoms with Gasteiger partial charge >= 0.3 is 0 Å². The van der Waals surface area contributed by atoms with E-state index in [0.717, 1.165) is 10.2 Å². The van der Waals surface area contributed by atoms with E-state index in [0.29, 0.717) is 12.1 Å². The molecule has 0 aliphatic heterocycles. The molecular formula is C14H13BrN2O3. The van der Waals surface area contributed by atoms with Crippen molar-refractivity contribution in [2.75, 3.05) is 11.9 Å². The summed E-state index contributed by atoms with van der Waals surface area (Å²) >= 11 is 3.35. The highest BCUT2D eigenvalue weighted by Gasteiger charge is 2.10. The minimum absolute atomic E-state index is 0.0156. The second-order valence-electron chi connectivity index (χ2n) is 4.25. The van der Waals surface area contributed by atoms with Crippen LogP contribution in [0, 0.1) is 10.1 Å². The van der Waals surface area contributed by atoms with Gasteiger partial charge in [0.05, 0.1) is 11.0 Å². The van der Waals surface area contributed by atoms with Gasteiger partial charge < -0.3 is 10.4 Å². The van der Waals surface area contributed by atoms with Crippen LogP contribution in [0.15, 0.2) is 53.0 Å². The Hall–Kier alpha value is -1.92. The molecule has 0 aliphatic carbocycles. The van der Waals surface area contributed by atoms with Gasteiger partial charge in [0.15, 0.2) is 0 Å². The Balaban J connectivity index is 1.95. The fraction of sp³-hybridized carbons (Fsp3) is 0.143. The number of nitrogens with one attached hydrogen (secondary N) is 1. The largest absolute Gasteiger partial charge is 0.387 e. The Morgan fingerprint density at radius 2 is 1.75 bits per heavy atom.